The predicted molar refractivity (Wildman–Crippen MR) is 80.2 cm³/mol. The standard InChI is InChI=1S/C13H4Br2F7OS/c14-6-4-7(15)10(8-2-1-3-23-8)9(5-6)24-13(21,22)11(16,17)12(18,19)20/h1-3,5H. The van der Waals surface area contributed by atoms with Crippen molar-refractivity contribution in [3.05, 3.63) is 39.5 Å². The van der Waals surface area contributed by atoms with Gasteiger partial charge in [-0.2, -0.15) is 30.7 Å². The normalized spacial score (nSPS) is 13.4. The number of hydrogen-bond donors (Lipinski definition) is 0. The third kappa shape index (κ3) is 3.62. The van der Waals surface area contributed by atoms with Crippen LogP contribution in [0.2, 0.25) is 0 Å². The number of alkyl halides is 7. The van der Waals surface area contributed by atoms with Gasteiger partial charge in [-0.15, -0.1) is 0 Å². The lowest BCUT2D eigenvalue weighted by molar-refractivity contribution is -0.330. The van der Waals surface area contributed by atoms with Crippen molar-refractivity contribution in [1.29, 1.82) is 0 Å². The highest BCUT2D eigenvalue weighted by atomic mass is 79.9. The molecule has 24 heavy (non-hydrogen) atoms. The molecule has 2 rings (SSSR count). The van der Waals surface area contributed by atoms with Crippen molar-refractivity contribution in [2.45, 2.75) is 22.2 Å². The molecular weight excluding hydrogens is 497 g/mol. The van der Waals surface area contributed by atoms with Crippen LogP contribution in [0.15, 0.2) is 42.7 Å². The topological polar surface area (TPSA) is 13.1 Å². The zero-order chi connectivity index (χ0) is 18.3. The van der Waals surface area contributed by atoms with Crippen LogP contribution in [0, 0.1) is 6.07 Å². The fraction of sp³-hybridized carbons (Fsp3) is 0.231. The zero-order valence-electron chi connectivity index (χ0n) is 11.0. The van der Waals surface area contributed by atoms with E-state index in [1.165, 1.54) is 18.4 Å². The van der Waals surface area contributed by atoms with Crippen molar-refractivity contribution in [2.24, 2.45) is 0 Å². The largest absolute Gasteiger partial charge is 0.464 e. The van der Waals surface area contributed by atoms with E-state index in [0.717, 1.165) is 6.07 Å². The summed E-state index contributed by atoms with van der Waals surface area (Å²) in [6.07, 6.45) is -5.20. The fourth-order valence-electron chi connectivity index (χ4n) is 1.60. The highest BCUT2D eigenvalue weighted by molar-refractivity contribution is 9.11. The van der Waals surface area contributed by atoms with Crippen molar-refractivity contribution in [2.75, 3.05) is 0 Å². The lowest BCUT2D eigenvalue weighted by Gasteiger charge is -2.28. The second kappa shape index (κ2) is 6.56. The molecule has 1 nitrogen and oxygen atoms in total. The Bertz CT molecular complexity index is 729. The van der Waals surface area contributed by atoms with Crippen LogP contribution in [0.5, 0.6) is 0 Å². The molecule has 0 saturated carbocycles. The van der Waals surface area contributed by atoms with E-state index in [9.17, 15) is 30.7 Å². The van der Waals surface area contributed by atoms with Crippen LogP contribution < -0.4 is 0 Å². The van der Waals surface area contributed by atoms with Crippen LogP contribution in [0.1, 0.15) is 0 Å². The van der Waals surface area contributed by atoms with Gasteiger partial charge >= 0.3 is 17.4 Å². The van der Waals surface area contributed by atoms with Crippen molar-refractivity contribution in [1.82, 2.24) is 0 Å². The Morgan fingerprint density at radius 2 is 1.67 bits per heavy atom. The number of rotatable bonds is 4. The maximum absolute atomic E-state index is 13.7. The summed E-state index contributed by atoms with van der Waals surface area (Å²) in [5.74, 6) is -6.22. The molecule has 0 saturated heterocycles. The van der Waals surface area contributed by atoms with Crippen LogP contribution in [-0.2, 0) is 0 Å². The Morgan fingerprint density at radius 1 is 1.04 bits per heavy atom. The van der Waals surface area contributed by atoms with Crippen molar-refractivity contribution in [3.63, 3.8) is 0 Å². The molecule has 0 atom stereocenters. The van der Waals surface area contributed by atoms with E-state index in [4.69, 9.17) is 4.42 Å². The fourth-order valence-corrected chi connectivity index (χ4v) is 4.20. The first-order chi connectivity index (χ1) is 10.9. The number of halogens is 9. The molecule has 0 spiro atoms. The van der Waals surface area contributed by atoms with E-state index in [2.05, 4.69) is 37.9 Å². The second-order valence-corrected chi connectivity index (χ2v) is 7.14. The Hall–Kier alpha value is -0.680. The van der Waals surface area contributed by atoms with Gasteiger partial charge in [0.15, 0.2) is 0 Å². The molecule has 0 bridgehead atoms. The summed E-state index contributed by atoms with van der Waals surface area (Å²) in [4.78, 5) is -0.545. The number of furan rings is 1. The first kappa shape index (κ1) is 19.6. The Balaban J connectivity index is 2.54. The summed E-state index contributed by atoms with van der Waals surface area (Å²) < 4.78 is 95.6. The Labute approximate surface area is 151 Å². The smallest absolute Gasteiger partial charge is 0.460 e. The molecule has 0 N–H and O–H groups in total. The lowest BCUT2D eigenvalue weighted by atomic mass is 10.2. The van der Waals surface area contributed by atoms with Crippen LogP contribution in [-0.4, -0.2) is 17.4 Å². The average Bonchev–Trinajstić information content (AvgIpc) is 2.89. The third-order valence-corrected chi connectivity index (χ3v) is 4.76. The van der Waals surface area contributed by atoms with Gasteiger partial charge in [0.05, 0.1) is 6.26 Å². The van der Waals surface area contributed by atoms with Gasteiger partial charge in [-0.1, -0.05) is 15.9 Å². The van der Waals surface area contributed by atoms with E-state index >= 15 is 0 Å². The van der Waals surface area contributed by atoms with Crippen molar-refractivity contribution < 1.29 is 35.2 Å². The van der Waals surface area contributed by atoms with E-state index in [0.29, 0.717) is 0 Å². The molecule has 1 aromatic heterocycles. The van der Waals surface area contributed by atoms with Crippen LogP contribution in [0.25, 0.3) is 11.3 Å². The van der Waals surface area contributed by atoms with Gasteiger partial charge in [0, 0.05) is 25.5 Å². The van der Waals surface area contributed by atoms with Gasteiger partial charge in [0.1, 0.15) is 5.76 Å². The Kier molecular flexibility index (Phi) is 5.37. The van der Waals surface area contributed by atoms with E-state index in [-0.39, 0.29) is 20.3 Å². The van der Waals surface area contributed by atoms with Gasteiger partial charge in [0.25, 0.3) is 0 Å². The first-order valence-electron chi connectivity index (χ1n) is 5.83. The van der Waals surface area contributed by atoms with E-state index < -0.39 is 34.0 Å². The van der Waals surface area contributed by atoms with Crippen LogP contribution in [0.4, 0.5) is 30.7 Å². The van der Waals surface area contributed by atoms with E-state index in [1.54, 1.807) is 0 Å². The van der Waals surface area contributed by atoms with Crippen LogP contribution >= 0.6 is 43.6 Å². The predicted octanol–water partition coefficient (Wildman–Crippen LogP) is 7.15. The Morgan fingerprint density at radius 3 is 2.17 bits per heavy atom. The maximum Gasteiger partial charge on any atom is 0.460 e. The minimum atomic E-state index is -6.40. The molecule has 1 radical (unpaired) electrons. The molecule has 0 aliphatic rings. The number of thioether (sulfide) groups is 1. The molecule has 1 aromatic carbocycles. The second-order valence-electron chi connectivity index (χ2n) is 4.34. The summed E-state index contributed by atoms with van der Waals surface area (Å²) in [5, 5.41) is -5.44. The molecule has 131 valence electrons. The van der Waals surface area contributed by atoms with Crippen LogP contribution in [0.3, 0.4) is 0 Å². The summed E-state index contributed by atoms with van der Waals surface area (Å²) in [7, 11) is 0. The van der Waals surface area contributed by atoms with E-state index in [1.807, 2.05) is 0 Å². The summed E-state index contributed by atoms with van der Waals surface area (Å²) in [6.45, 7) is 0. The summed E-state index contributed by atoms with van der Waals surface area (Å²) >= 11 is 5.02. The highest BCUT2D eigenvalue weighted by Crippen LogP contribution is 2.55. The molecule has 1 heterocycles. The van der Waals surface area contributed by atoms with Gasteiger partial charge in [0.2, 0.25) is 0 Å². The summed E-state index contributed by atoms with van der Waals surface area (Å²) in [6, 6.07) is 6.32. The number of hydrogen-bond acceptors (Lipinski definition) is 2. The zero-order valence-corrected chi connectivity index (χ0v) is 15.0. The molecule has 0 fully saturated rings. The molecule has 0 aliphatic heterocycles. The molecule has 11 heteroatoms. The molecular formula is C13H4Br2F7OS. The SMILES string of the molecule is FC(F)(F)C(F)(F)C(F)(F)Sc1cc(Br)[c]c(Br)c1-c1ccco1. The maximum atomic E-state index is 13.7. The lowest BCUT2D eigenvalue weighted by Crippen LogP contribution is -2.49. The third-order valence-electron chi connectivity index (χ3n) is 2.68. The van der Waals surface area contributed by atoms with Gasteiger partial charge in [-0.25, -0.2) is 0 Å². The van der Waals surface area contributed by atoms with Gasteiger partial charge < -0.3 is 4.42 Å². The molecule has 2 aromatic rings. The molecule has 0 unspecified atom stereocenters. The highest BCUT2D eigenvalue weighted by Gasteiger charge is 2.73. The van der Waals surface area contributed by atoms with Gasteiger partial charge in [-0.3, -0.25) is 0 Å². The minimum absolute atomic E-state index is 0.000694. The first-order valence-corrected chi connectivity index (χ1v) is 8.23. The monoisotopic (exact) mass is 499 g/mol. The quantitative estimate of drug-likeness (QED) is 0.326. The van der Waals surface area contributed by atoms with Crippen molar-refractivity contribution in [3.8, 4) is 11.3 Å². The minimum Gasteiger partial charge on any atom is -0.464 e. The molecule has 0 amide bonds. The van der Waals surface area contributed by atoms with Gasteiger partial charge in [-0.05, 0) is 45.9 Å². The summed E-state index contributed by atoms with van der Waals surface area (Å²) in [5.41, 5.74) is -0.120. The average molecular weight is 501 g/mol. The van der Waals surface area contributed by atoms with Crippen molar-refractivity contribution >= 4 is 43.6 Å². The molecule has 0 aliphatic carbocycles. The number of benzene rings is 1.